The van der Waals surface area contributed by atoms with E-state index in [1.54, 1.807) is 52.3 Å². The Labute approximate surface area is 187 Å². The third-order valence-corrected chi connectivity index (χ3v) is 5.17. The summed E-state index contributed by atoms with van der Waals surface area (Å²) in [5.74, 6) is 1.11. The van der Waals surface area contributed by atoms with Crippen LogP contribution in [0.1, 0.15) is 30.6 Å². The van der Waals surface area contributed by atoms with Gasteiger partial charge in [0.15, 0.2) is 11.5 Å². The highest BCUT2D eigenvalue weighted by molar-refractivity contribution is 6.30. The number of nitrogens with zero attached hydrogens (tertiary/aromatic N) is 2. The number of urea groups is 1. The number of anilines is 1. The first kappa shape index (κ1) is 22.7. The molecule has 166 valence electrons. The first-order valence-electron chi connectivity index (χ1n) is 10.5. The third-order valence-electron chi connectivity index (χ3n) is 4.94. The SMILES string of the molecule is CCOc1ccc(C(=O)N2CCCN(C(=O)Nc3cccc(Cl)c3)CC2)cc1OCC. The zero-order valence-corrected chi connectivity index (χ0v) is 18.7. The Morgan fingerprint density at radius 2 is 1.65 bits per heavy atom. The lowest BCUT2D eigenvalue weighted by Gasteiger charge is -2.23. The highest BCUT2D eigenvalue weighted by Gasteiger charge is 2.24. The molecule has 1 heterocycles. The maximum Gasteiger partial charge on any atom is 0.321 e. The first-order valence-corrected chi connectivity index (χ1v) is 10.9. The Bertz CT molecular complexity index is 921. The lowest BCUT2D eigenvalue weighted by molar-refractivity contribution is 0.0762. The minimum absolute atomic E-state index is 0.0823. The molecule has 8 heteroatoms. The molecule has 7 nitrogen and oxygen atoms in total. The molecule has 0 unspecified atom stereocenters. The summed E-state index contributed by atoms with van der Waals surface area (Å²) in [5, 5.41) is 3.43. The second kappa shape index (κ2) is 10.9. The monoisotopic (exact) mass is 445 g/mol. The molecule has 0 atom stereocenters. The molecule has 1 N–H and O–H groups in total. The van der Waals surface area contributed by atoms with Gasteiger partial charge in [-0.3, -0.25) is 4.79 Å². The van der Waals surface area contributed by atoms with Gasteiger partial charge in [0.2, 0.25) is 0 Å². The van der Waals surface area contributed by atoms with Crippen molar-refractivity contribution < 1.29 is 19.1 Å². The van der Waals surface area contributed by atoms with Gasteiger partial charge in [0.1, 0.15) is 0 Å². The van der Waals surface area contributed by atoms with Crippen molar-refractivity contribution in [2.75, 3.05) is 44.7 Å². The van der Waals surface area contributed by atoms with E-state index in [2.05, 4.69) is 5.32 Å². The number of amides is 3. The summed E-state index contributed by atoms with van der Waals surface area (Å²) in [6.07, 6.45) is 0.698. The quantitative estimate of drug-likeness (QED) is 0.709. The number of hydrogen-bond donors (Lipinski definition) is 1. The summed E-state index contributed by atoms with van der Waals surface area (Å²) in [6, 6.07) is 12.1. The fourth-order valence-corrected chi connectivity index (χ4v) is 3.65. The number of nitrogens with one attached hydrogen (secondary N) is 1. The molecule has 3 rings (SSSR count). The first-order chi connectivity index (χ1) is 15.0. The number of ether oxygens (including phenoxy) is 2. The van der Waals surface area contributed by atoms with Crippen molar-refractivity contribution in [3.8, 4) is 11.5 Å². The second-order valence-corrected chi connectivity index (χ2v) is 7.54. The molecule has 1 aliphatic rings. The summed E-state index contributed by atoms with van der Waals surface area (Å²) >= 11 is 5.98. The summed E-state index contributed by atoms with van der Waals surface area (Å²) < 4.78 is 11.2. The van der Waals surface area contributed by atoms with Gasteiger partial charge in [-0.15, -0.1) is 0 Å². The van der Waals surface area contributed by atoms with Gasteiger partial charge < -0.3 is 24.6 Å². The number of carbonyl (C=O) groups excluding carboxylic acids is 2. The van der Waals surface area contributed by atoms with Crippen LogP contribution in [0.5, 0.6) is 11.5 Å². The van der Waals surface area contributed by atoms with Crippen LogP contribution in [0.3, 0.4) is 0 Å². The van der Waals surface area contributed by atoms with Crippen molar-refractivity contribution in [1.29, 1.82) is 0 Å². The van der Waals surface area contributed by atoms with Crippen LogP contribution in [-0.2, 0) is 0 Å². The maximum atomic E-state index is 13.1. The Hall–Kier alpha value is -2.93. The molecule has 0 bridgehead atoms. The highest BCUT2D eigenvalue weighted by atomic mass is 35.5. The van der Waals surface area contributed by atoms with E-state index in [0.29, 0.717) is 73.6 Å². The molecule has 2 aromatic rings. The molecule has 1 saturated heterocycles. The number of rotatable bonds is 6. The highest BCUT2D eigenvalue weighted by Crippen LogP contribution is 2.29. The van der Waals surface area contributed by atoms with E-state index in [1.165, 1.54) is 0 Å². The largest absolute Gasteiger partial charge is 0.490 e. The van der Waals surface area contributed by atoms with Gasteiger partial charge in [0, 0.05) is 42.5 Å². The van der Waals surface area contributed by atoms with Crippen LogP contribution < -0.4 is 14.8 Å². The minimum atomic E-state index is -0.198. The van der Waals surface area contributed by atoms with Crippen molar-refractivity contribution in [2.45, 2.75) is 20.3 Å². The minimum Gasteiger partial charge on any atom is -0.490 e. The second-order valence-electron chi connectivity index (χ2n) is 7.10. The standard InChI is InChI=1S/C23H28ClN3O4/c1-3-30-20-10-9-17(15-21(20)31-4-2)22(28)26-11-6-12-27(14-13-26)23(29)25-19-8-5-7-18(24)16-19/h5,7-10,15-16H,3-4,6,11-14H2,1-2H3,(H,25,29). The fraction of sp³-hybridized carbons (Fsp3) is 0.391. The van der Waals surface area contributed by atoms with E-state index in [4.69, 9.17) is 21.1 Å². The van der Waals surface area contributed by atoms with Gasteiger partial charge in [0.05, 0.1) is 13.2 Å². The summed E-state index contributed by atoms with van der Waals surface area (Å²) in [4.78, 5) is 29.2. The van der Waals surface area contributed by atoms with Crippen LogP contribution in [-0.4, -0.2) is 61.1 Å². The summed E-state index contributed by atoms with van der Waals surface area (Å²) in [5.41, 5.74) is 1.19. The maximum absolute atomic E-state index is 13.1. The van der Waals surface area contributed by atoms with Gasteiger partial charge in [-0.25, -0.2) is 4.79 Å². The molecule has 2 aromatic carbocycles. The van der Waals surface area contributed by atoms with Crippen molar-refractivity contribution in [3.63, 3.8) is 0 Å². The summed E-state index contributed by atoms with van der Waals surface area (Å²) in [6.45, 7) is 6.86. The Morgan fingerprint density at radius 1 is 0.935 bits per heavy atom. The molecule has 0 aromatic heterocycles. The predicted octanol–water partition coefficient (Wildman–Crippen LogP) is 4.52. The van der Waals surface area contributed by atoms with Crippen molar-refractivity contribution in [1.82, 2.24) is 9.80 Å². The molecule has 0 radical (unpaired) electrons. The Kier molecular flexibility index (Phi) is 8.00. The summed E-state index contributed by atoms with van der Waals surface area (Å²) in [7, 11) is 0. The molecule has 1 fully saturated rings. The van der Waals surface area contributed by atoms with Crippen LogP contribution in [0, 0.1) is 0 Å². The van der Waals surface area contributed by atoms with E-state index < -0.39 is 0 Å². The lowest BCUT2D eigenvalue weighted by atomic mass is 10.1. The normalized spacial score (nSPS) is 14.0. The topological polar surface area (TPSA) is 71.1 Å². The number of hydrogen-bond acceptors (Lipinski definition) is 4. The molecule has 3 amide bonds. The van der Waals surface area contributed by atoms with Crippen LogP contribution in [0.2, 0.25) is 5.02 Å². The van der Waals surface area contributed by atoms with E-state index in [1.807, 2.05) is 13.8 Å². The predicted molar refractivity (Wildman–Crippen MR) is 121 cm³/mol. The number of halogens is 1. The zero-order chi connectivity index (χ0) is 22.2. The lowest BCUT2D eigenvalue weighted by Crippen LogP contribution is -2.39. The smallest absolute Gasteiger partial charge is 0.321 e. The van der Waals surface area contributed by atoms with Crippen LogP contribution >= 0.6 is 11.6 Å². The van der Waals surface area contributed by atoms with E-state index in [9.17, 15) is 9.59 Å². The molecular formula is C23H28ClN3O4. The number of benzene rings is 2. The van der Waals surface area contributed by atoms with Gasteiger partial charge in [-0.1, -0.05) is 17.7 Å². The molecule has 1 aliphatic heterocycles. The van der Waals surface area contributed by atoms with Gasteiger partial charge in [-0.05, 0) is 56.7 Å². The van der Waals surface area contributed by atoms with E-state index in [-0.39, 0.29) is 11.9 Å². The van der Waals surface area contributed by atoms with E-state index >= 15 is 0 Å². The third kappa shape index (κ3) is 6.04. The van der Waals surface area contributed by atoms with Gasteiger partial charge in [-0.2, -0.15) is 0 Å². The fourth-order valence-electron chi connectivity index (χ4n) is 3.46. The molecule has 31 heavy (non-hydrogen) atoms. The number of carbonyl (C=O) groups is 2. The molecular weight excluding hydrogens is 418 g/mol. The van der Waals surface area contributed by atoms with E-state index in [0.717, 1.165) is 0 Å². The van der Waals surface area contributed by atoms with Crippen LogP contribution in [0.15, 0.2) is 42.5 Å². The van der Waals surface area contributed by atoms with Crippen molar-refractivity contribution in [2.24, 2.45) is 0 Å². The molecule has 0 saturated carbocycles. The van der Waals surface area contributed by atoms with Gasteiger partial charge in [0.25, 0.3) is 5.91 Å². The average molecular weight is 446 g/mol. The Balaban J connectivity index is 1.64. The van der Waals surface area contributed by atoms with Crippen LogP contribution in [0.4, 0.5) is 10.5 Å². The zero-order valence-electron chi connectivity index (χ0n) is 17.9. The Morgan fingerprint density at radius 3 is 2.39 bits per heavy atom. The van der Waals surface area contributed by atoms with Gasteiger partial charge >= 0.3 is 6.03 Å². The van der Waals surface area contributed by atoms with Crippen molar-refractivity contribution >= 4 is 29.2 Å². The van der Waals surface area contributed by atoms with Crippen LogP contribution in [0.25, 0.3) is 0 Å². The molecule has 0 spiro atoms. The molecule has 0 aliphatic carbocycles. The van der Waals surface area contributed by atoms with Crippen molar-refractivity contribution in [3.05, 3.63) is 53.1 Å². The average Bonchev–Trinajstić information content (AvgIpc) is 3.01.